The molecule has 2 aromatic rings. The maximum absolute atomic E-state index is 11.8. The van der Waals surface area contributed by atoms with Crippen molar-refractivity contribution in [3.8, 4) is 0 Å². The van der Waals surface area contributed by atoms with Gasteiger partial charge in [-0.05, 0) is 35.6 Å². The molecular weight excluding hydrogens is 338 g/mol. The Balaban J connectivity index is 1.62. The Labute approximate surface area is 150 Å². The lowest BCUT2D eigenvalue weighted by atomic mass is 10.2. The Kier molecular flexibility index (Phi) is 7.16. The van der Waals surface area contributed by atoms with Gasteiger partial charge in [0.15, 0.2) is 0 Å². The van der Waals surface area contributed by atoms with Gasteiger partial charge in [-0.3, -0.25) is 14.4 Å². The van der Waals surface area contributed by atoms with E-state index in [1.165, 1.54) is 18.3 Å². The van der Waals surface area contributed by atoms with Crippen LogP contribution >= 0.6 is 11.3 Å². The summed E-state index contributed by atoms with van der Waals surface area (Å²) in [6.07, 6.45) is 0.944. The van der Waals surface area contributed by atoms with Gasteiger partial charge in [0, 0.05) is 32.1 Å². The van der Waals surface area contributed by atoms with Crippen LogP contribution in [0.2, 0.25) is 0 Å². The monoisotopic (exact) mass is 359 g/mol. The van der Waals surface area contributed by atoms with Crippen LogP contribution in [0.25, 0.3) is 0 Å². The molecule has 1 aromatic carbocycles. The van der Waals surface area contributed by atoms with Crippen molar-refractivity contribution in [2.45, 2.75) is 26.3 Å². The Morgan fingerprint density at radius 3 is 2.44 bits per heavy atom. The third kappa shape index (κ3) is 6.76. The number of thiophene rings is 1. The summed E-state index contributed by atoms with van der Waals surface area (Å²) < 4.78 is 0. The van der Waals surface area contributed by atoms with Crippen molar-refractivity contribution in [1.82, 2.24) is 10.6 Å². The molecule has 1 heterocycles. The van der Waals surface area contributed by atoms with Gasteiger partial charge in [-0.2, -0.15) is 0 Å². The fourth-order valence-corrected chi connectivity index (χ4v) is 2.78. The van der Waals surface area contributed by atoms with Crippen LogP contribution in [0.15, 0.2) is 41.8 Å². The molecule has 0 aliphatic carbocycles. The summed E-state index contributed by atoms with van der Waals surface area (Å²) in [7, 11) is 0. The number of nitrogens with one attached hydrogen (secondary N) is 3. The summed E-state index contributed by atoms with van der Waals surface area (Å²) in [6.45, 7) is 2.35. The second-order valence-electron chi connectivity index (χ2n) is 5.49. The number of rotatable bonds is 8. The first-order valence-electron chi connectivity index (χ1n) is 7.99. The van der Waals surface area contributed by atoms with Gasteiger partial charge in [0.25, 0.3) is 5.91 Å². The number of carbonyl (C=O) groups excluding carboxylic acids is 3. The predicted octanol–water partition coefficient (Wildman–Crippen LogP) is 2.53. The van der Waals surface area contributed by atoms with E-state index in [0.29, 0.717) is 30.8 Å². The molecule has 0 bridgehead atoms. The van der Waals surface area contributed by atoms with Crippen molar-refractivity contribution < 1.29 is 14.4 Å². The smallest absolute Gasteiger partial charge is 0.261 e. The summed E-state index contributed by atoms with van der Waals surface area (Å²) in [5.41, 5.74) is 1.68. The van der Waals surface area contributed by atoms with Crippen molar-refractivity contribution in [1.29, 1.82) is 0 Å². The molecule has 0 radical (unpaired) electrons. The molecule has 0 saturated heterocycles. The normalized spacial score (nSPS) is 10.1. The molecule has 2 rings (SSSR count). The minimum absolute atomic E-state index is 0.0590. The maximum Gasteiger partial charge on any atom is 0.261 e. The van der Waals surface area contributed by atoms with Crippen LogP contribution in [0.1, 0.15) is 35.0 Å². The molecule has 7 heteroatoms. The minimum Gasteiger partial charge on any atom is -0.352 e. The van der Waals surface area contributed by atoms with Crippen LogP contribution in [0.4, 0.5) is 5.69 Å². The highest BCUT2D eigenvalue weighted by molar-refractivity contribution is 7.12. The number of benzene rings is 1. The van der Waals surface area contributed by atoms with E-state index in [0.717, 1.165) is 11.3 Å². The zero-order chi connectivity index (χ0) is 18.1. The zero-order valence-electron chi connectivity index (χ0n) is 14.0. The van der Waals surface area contributed by atoms with E-state index in [1.54, 1.807) is 18.2 Å². The molecule has 0 unspecified atom stereocenters. The Bertz CT molecular complexity index is 712. The number of amides is 3. The summed E-state index contributed by atoms with van der Waals surface area (Å²) in [5.74, 6) is -0.279. The number of anilines is 1. The Morgan fingerprint density at radius 1 is 1.04 bits per heavy atom. The van der Waals surface area contributed by atoms with E-state index in [1.807, 2.05) is 23.6 Å². The molecule has 3 N–H and O–H groups in total. The lowest BCUT2D eigenvalue weighted by Gasteiger charge is -2.07. The fraction of sp³-hybridized carbons (Fsp3) is 0.278. The van der Waals surface area contributed by atoms with Crippen LogP contribution in [0.3, 0.4) is 0 Å². The van der Waals surface area contributed by atoms with Gasteiger partial charge >= 0.3 is 0 Å². The van der Waals surface area contributed by atoms with E-state index < -0.39 is 0 Å². The second kappa shape index (κ2) is 9.58. The number of hydrogen-bond acceptors (Lipinski definition) is 4. The number of hydrogen-bond donors (Lipinski definition) is 3. The molecular formula is C18H21N3O3S. The second-order valence-corrected chi connectivity index (χ2v) is 6.44. The largest absolute Gasteiger partial charge is 0.352 e. The molecule has 0 saturated carbocycles. The standard InChI is InChI=1S/C18H21N3O3S/c1-13(22)21-15-8-6-14(7-9-15)12-20-17(23)5-2-10-19-18(24)16-4-3-11-25-16/h3-4,6-9,11H,2,5,10,12H2,1H3,(H,19,24)(H,20,23)(H,21,22). The minimum atomic E-state index is -0.118. The molecule has 132 valence electrons. The highest BCUT2D eigenvalue weighted by Gasteiger charge is 2.06. The molecule has 25 heavy (non-hydrogen) atoms. The zero-order valence-corrected chi connectivity index (χ0v) is 14.8. The first kappa shape index (κ1) is 18.7. The highest BCUT2D eigenvalue weighted by Crippen LogP contribution is 2.09. The van der Waals surface area contributed by atoms with Crippen LogP contribution < -0.4 is 16.0 Å². The molecule has 0 spiro atoms. The van der Waals surface area contributed by atoms with E-state index >= 15 is 0 Å². The van der Waals surface area contributed by atoms with Gasteiger partial charge in [-0.15, -0.1) is 11.3 Å². The number of carbonyl (C=O) groups is 3. The molecule has 6 nitrogen and oxygen atoms in total. The van der Waals surface area contributed by atoms with Crippen molar-refractivity contribution in [3.63, 3.8) is 0 Å². The third-order valence-corrected chi connectivity index (χ3v) is 4.24. The maximum atomic E-state index is 11.8. The van der Waals surface area contributed by atoms with E-state index in [2.05, 4.69) is 16.0 Å². The van der Waals surface area contributed by atoms with Crippen LogP contribution in [-0.4, -0.2) is 24.3 Å². The quantitative estimate of drug-likeness (QED) is 0.633. The molecule has 3 amide bonds. The topological polar surface area (TPSA) is 87.3 Å². The van der Waals surface area contributed by atoms with Crippen LogP contribution in [-0.2, 0) is 16.1 Å². The van der Waals surface area contributed by atoms with Crippen LogP contribution in [0, 0.1) is 0 Å². The van der Waals surface area contributed by atoms with Crippen molar-refractivity contribution in [2.75, 3.05) is 11.9 Å². The highest BCUT2D eigenvalue weighted by atomic mass is 32.1. The van der Waals surface area contributed by atoms with Crippen LogP contribution in [0.5, 0.6) is 0 Å². The summed E-state index contributed by atoms with van der Waals surface area (Å²) in [5, 5.41) is 10.2. The third-order valence-electron chi connectivity index (χ3n) is 3.38. The molecule has 1 aromatic heterocycles. The van der Waals surface area contributed by atoms with E-state index in [4.69, 9.17) is 0 Å². The van der Waals surface area contributed by atoms with Gasteiger partial charge in [0.2, 0.25) is 11.8 Å². The SMILES string of the molecule is CC(=O)Nc1ccc(CNC(=O)CCCNC(=O)c2cccs2)cc1. The van der Waals surface area contributed by atoms with Crippen molar-refractivity contribution in [2.24, 2.45) is 0 Å². The lowest BCUT2D eigenvalue weighted by Crippen LogP contribution is -2.26. The Hall–Kier alpha value is -2.67. The Morgan fingerprint density at radius 2 is 1.80 bits per heavy atom. The molecule has 0 aliphatic heterocycles. The first-order chi connectivity index (χ1) is 12.0. The van der Waals surface area contributed by atoms with Gasteiger partial charge in [-0.25, -0.2) is 0 Å². The van der Waals surface area contributed by atoms with E-state index in [9.17, 15) is 14.4 Å². The fourth-order valence-electron chi connectivity index (χ4n) is 2.14. The lowest BCUT2D eigenvalue weighted by molar-refractivity contribution is -0.121. The molecule has 0 atom stereocenters. The van der Waals surface area contributed by atoms with Gasteiger partial charge in [-0.1, -0.05) is 18.2 Å². The average molecular weight is 359 g/mol. The van der Waals surface area contributed by atoms with E-state index in [-0.39, 0.29) is 17.7 Å². The van der Waals surface area contributed by atoms with Crippen molar-refractivity contribution >= 4 is 34.7 Å². The summed E-state index contributed by atoms with van der Waals surface area (Å²) in [4.78, 5) is 35.2. The first-order valence-corrected chi connectivity index (χ1v) is 8.87. The molecule has 0 fully saturated rings. The predicted molar refractivity (Wildman–Crippen MR) is 98.5 cm³/mol. The van der Waals surface area contributed by atoms with Crippen molar-refractivity contribution in [3.05, 3.63) is 52.2 Å². The summed E-state index contributed by atoms with van der Waals surface area (Å²) >= 11 is 1.39. The molecule has 0 aliphatic rings. The average Bonchev–Trinajstić information content (AvgIpc) is 3.12. The summed E-state index contributed by atoms with van der Waals surface area (Å²) in [6, 6.07) is 10.9. The van der Waals surface area contributed by atoms with Gasteiger partial charge < -0.3 is 16.0 Å². The van der Waals surface area contributed by atoms with Gasteiger partial charge in [0.1, 0.15) is 0 Å². The van der Waals surface area contributed by atoms with Gasteiger partial charge in [0.05, 0.1) is 4.88 Å².